The summed E-state index contributed by atoms with van der Waals surface area (Å²) < 4.78 is 7.38. The zero-order valence-corrected chi connectivity index (χ0v) is 11.7. The van der Waals surface area contributed by atoms with Crippen molar-refractivity contribution in [3.05, 3.63) is 35.7 Å². The molecule has 5 heteroatoms. The summed E-state index contributed by atoms with van der Waals surface area (Å²) in [6.45, 7) is 5.94. The van der Waals surface area contributed by atoms with Gasteiger partial charge in [0, 0.05) is 31.9 Å². The minimum atomic E-state index is 0.585. The van der Waals surface area contributed by atoms with E-state index in [0.29, 0.717) is 11.8 Å². The van der Waals surface area contributed by atoms with E-state index in [4.69, 9.17) is 4.74 Å². The third-order valence-electron chi connectivity index (χ3n) is 2.72. The second kappa shape index (κ2) is 6.33. The van der Waals surface area contributed by atoms with Crippen LogP contribution in [0.1, 0.15) is 24.6 Å². The van der Waals surface area contributed by atoms with Crippen LogP contribution in [0.5, 0.6) is 11.8 Å². The molecule has 102 valence electrons. The van der Waals surface area contributed by atoms with Crippen LogP contribution in [-0.2, 0) is 13.6 Å². The van der Waals surface area contributed by atoms with E-state index >= 15 is 0 Å². The highest BCUT2D eigenvalue weighted by molar-refractivity contribution is 5.24. The first kappa shape index (κ1) is 13.5. The SMILES string of the molecule is CCCNCc1ccc(Oc2cc(C)nn2C)nc1. The maximum Gasteiger partial charge on any atom is 0.221 e. The summed E-state index contributed by atoms with van der Waals surface area (Å²) in [7, 11) is 1.85. The quantitative estimate of drug-likeness (QED) is 0.810. The Hall–Kier alpha value is -1.88. The zero-order chi connectivity index (χ0) is 13.7. The van der Waals surface area contributed by atoms with E-state index in [9.17, 15) is 0 Å². The second-order valence-electron chi connectivity index (χ2n) is 4.53. The van der Waals surface area contributed by atoms with Crippen LogP contribution in [0.2, 0.25) is 0 Å². The third-order valence-corrected chi connectivity index (χ3v) is 2.72. The molecule has 0 bridgehead atoms. The molecule has 0 saturated carbocycles. The van der Waals surface area contributed by atoms with E-state index in [1.54, 1.807) is 4.68 Å². The maximum atomic E-state index is 5.68. The highest BCUT2D eigenvalue weighted by Gasteiger charge is 2.05. The summed E-state index contributed by atoms with van der Waals surface area (Å²) in [6, 6.07) is 5.79. The van der Waals surface area contributed by atoms with Crippen molar-refractivity contribution in [3.8, 4) is 11.8 Å². The van der Waals surface area contributed by atoms with Gasteiger partial charge in [0.2, 0.25) is 11.8 Å². The highest BCUT2D eigenvalue weighted by Crippen LogP contribution is 2.19. The van der Waals surface area contributed by atoms with Gasteiger partial charge in [0.25, 0.3) is 0 Å². The lowest BCUT2D eigenvalue weighted by atomic mass is 10.3. The number of nitrogens with one attached hydrogen (secondary N) is 1. The normalized spacial score (nSPS) is 10.7. The first-order chi connectivity index (χ1) is 9.19. The lowest BCUT2D eigenvalue weighted by Crippen LogP contribution is -2.13. The van der Waals surface area contributed by atoms with Crippen molar-refractivity contribution in [3.63, 3.8) is 0 Å². The molecule has 0 aliphatic rings. The van der Waals surface area contributed by atoms with Crippen LogP contribution in [0.3, 0.4) is 0 Å². The number of rotatable bonds is 6. The summed E-state index contributed by atoms with van der Waals surface area (Å²) in [5.41, 5.74) is 2.08. The van der Waals surface area contributed by atoms with Crippen molar-refractivity contribution in [2.24, 2.45) is 7.05 Å². The molecule has 0 fully saturated rings. The fourth-order valence-electron chi connectivity index (χ4n) is 1.77. The number of hydrogen-bond donors (Lipinski definition) is 1. The molecule has 0 spiro atoms. The van der Waals surface area contributed by atoms with Crippen molar-refractivity contribution in [1.82, 2.24) is 20.1 Å². The smallest absolute Gasteiger partial charge is 0.221 e. The molecule has 0 aliphatic carbocycles. The van der Waals surface area contributed by atoms with Crippen LogP contribution in [0.25, 0.3) is 0 Å². The first-order valence-electron chi connectivity index (χ1n) is 6.53. The molecular formula is C14H20N4O. The van der Waals surface area contributed by atoms with Crippen LogP contribution in [0.4, 0.5) is 0 Å². The monoisotopic (exact) mass is 260 g/mol. The van der Waals surface area contributed by atoms with Gasteiger partial charge in [-0.25, -0.2) is 9.67 Å². The Morgan fingerprint density at radius 3 is 2.79 bits per heavy atom. The average molecular weight is 260 g/mol. The fraction of sp³-hybridized carbons (Fsp3) is 0.429. The van der Waals surface area contributed by atoms with Crippen molar-refractivity contribution in [1.29, 1.82) is 0 Å². The van der Waals surface area contributed by atoms with Gasteiger partial charge in [0.1, 0.15) is 0 Å². The molecule has 0 atom stereocenters. The van der Waals surface area contributed by atoms with Gasteiger partial charge in [-0.1, -0.05) is 13.0 Å². The lowest BCUT2D eigenvalue weighted by Gasteiger charge is -2.06. The van der Waals surface area contributed by atoms with E-state index in [0.717, 1.165) is 30.8 Å². The Bertz CT molecular complexity index is 519. The molecule has 2 aromatic heterocycles. The minimum absolute atomic E-state index is 0.585. The summed E-state index contributed by atoms with van der Waals surface area (Å²) in [4.78, 5) is 4.30. The van der Waals surface area contributed by atoms with Crippen LogP contribution in [-0.4, -0.2) is 21.3 Å². The fourth-order valence-corrected chi connectivity index (χ4v) is 1.77. The van der Waals surface area contributed by atoms with Gasteiger partial charge in [0.15, 0.2) is 0 Å². The molecule has 0 aromatic carbocycles. The van der Waals surface area contributed by atoms with Gasteiger partial charge < -0.3 is 10.1 Å². The predicted octanol–water partition coefficient (Wildman–Crippen LogP) is 2.42. The van der Waals surface area contributed by atoms with Gasteiger partial charge in [-0.15, -0.1) is 0 Å². The average Bonchev–Trinajstić information content (AvgIpc) is 2.70. The van der Waals surface area contributed by atoms with Crippen molar-refractivity contribution in [2.45, 2.75) is 26.8 Å². The summed E-state index contributed by atoms with van der Waals surface area (Å²) in [6.07, 6.45) is 2.97. The highest BCUT2D eigenvalue weighted by atomic mass is 16.5. The van der Waals surface area contributed by atoms with Crippen LogP contribution >= 0.6 is 0 Å². The van der Waals surface area contributed by atoms with Gasteiger partial charge in [-0.2, -0.15) is 5.10 Å². The number of nitrogens with zero attached hydrogens (tertiary/aromatic N) is 3. The Morgan fingerprint density at radius 1 is 1.37 bits per heavy atom. The van der Waals surface area contributed by atoms with Crippen molar-refractivity contribution >= 4 is 0 Å². The molecule has 19 heavy (non-hydrogen) atoms. The summed E-state index contributed by atoms with van der Waals surface area (Å²) >= 11 is 0. The molecule has 2 aromatic rings. The molecule has 2 rings (SSSR count). The molecule has 0 unspecified atom stereocenters. The number of hydrogen-bond acceptors (Lipinski definition) is 4. The number of aryl methyl sites for hydroxylation is 2. The Kier molecular flexibility index (Phi) is 4.52. The Labute approximate surface area is 113 Å². The largest absolute Gasteiger partial charge is 0.421 e. The van der Waals surface area contributed by atoms with E-state index in [-0.39, 0.29) is 0 Å². The third kappa shape index (κ3) is 3.79. The van der Waals surface area contributed by atoms with Crippen LogP contribution < -0.4 is 10.1 Å². The first-order valence-corrected chi connectivity index (χ1v) is 6.53. The van der Waals surface area contributed by atoms with Gasteiger partial charge in [-0.3, -0.25) is 0 Å². The standard InChI is InChI=1S/C14H20N4O/c1-4-7-15-9-12-5-6-13(16-10-12)19-14-8-11(2)17-18(14)3/h5-6,8,10,15H,4,7,9H2,1-3H3. The van der Waals surface area contributed by atoms with Gasteiger partial charge >= 0.3 is 0 Å². The van der Waals surface area contributed by atoms with Crippen LogP contribution in [0.15, 0.2) is 24.4 Å². The molecular weight excluding hydrogens is 240 g/mol. The van der Waals surface area contributed by atoms with E-state index in [1.165, 1.54) is 0 Å². The predicted molar refractivity (Wildman–Crippen MR) is 74.3 cm³/mol. The van der Waals surface area contributed by atoms with Crippen LogP contribution in [0, 0.1) is 6.92 Å². The second-order valence-corrected chi connectivity index (χ2v) is 4.53. The number of pyridine rings is 1. The van der Waals surface area contributed by atoms with Gasteiger partial charge in [-0.05, 0) is 25.5 Å². The molecule has 0 saturated heterocycles. The molecule has 5 nitrogen and oxygen atoms in total. The topological polar surface area (TPSA) is 52.0 Å². The molecule has 0 amide bonds. The van der Waals surface area contributed by atoms with Crippen molar-refractivity contribution < 1.29 is 4.74 Å². The maximum absolute atomic E-state index is 5.68. The summed E-state index contributed by atoms with van der Waals surface area (Å²) in [5, 5.41) is 7.57. The molecule has 0 aliphatic heterocycles. The zero-order valence-electron chi connectivity index (χ0n) is 11.7. The number of aromatic nitrogens is 3. The van der Waals surface area contributed by atoms with Gasteiger partial charge in [0.05, 0.1) is 5.69 Å². The minimum Gasteiger partial charge on any atom is -0.421 e. The molecule has 2 heterocycles. The van der Waals surface area contributed by atoms with E-state index in [1.807, 2.05) is 38.4 Å². The Balaban J connectivity index is 1.96. The summed E-state index contributed by atoms with van der Waals surface area (Å²) in [5.74, 6) is 1.28. The van der Waals surface area contributed by atoms with E-state index < -0.39 is 0 Å². The molecule has 1 N–H and O–H groups in total. The van der Waals surface area contributed by atoms with Crippen molar-refractivity contribution in [2.75, 3.05) is 6.54 Å². The van der Waals surface area contributed by atoms with E-state index in [2.05, 4.69) is 22.3 Å². The Morgan fingerprint density at radius 2 is 2.21 bits per heavy atom. The molecule has 0 radical (unpaired) electrons. The number of ether oxygens (including phenoxy) is 1. The lowest BCUT2D eigenvalue weighted by molar-refractivity contribution is 0.415.